The fourth-order valence-corrected chi connectivity index (χ4v) is 1.81. The van der Waals surface area contributed by atoms with Crippen LogP contribution < -0.4 is 5.32 Å². The van der Waals surface area contributed by atoms with Crippen LogP contribution in [0.5, 0.6) is 0 Å². The number of rotatable bonds is 3. The maximum Gasteiger partial charge on any atom is 0.152 e. The summed E-state index contributed by atoms with van der Waals surface area (Å²) < 4.78 is 6.22. The summed E-state index contributed by atoms with van der Waals surface area (Å²) in [4.78, 5) is 4.06. The van der Waals surface area contributed by atoms with Crippen molar-refractivity contribution < 1.29 is 4.42 Å². The van der Waals surface area contributed by atoms with Gasteiger partial charge in [-0.25, -0.2) is 4.98 Å². The van der Waals surface area contributed by atoms with Crippen molar-refractivity contribution in [2.75, 3.05) is 5.32 Å². The Balaban J connectivity index is 2.10. The summed E-state index contributed by atoms with van der Waals surface area (Å²) in [5.74, 6) is 0.831. The zero-order valence-electron chi connectivity index (χ0n) is 8.63. The van der Waals surface area contributed by atoms with Gasteiger partial charge in [0.25, 0.3) is 0 Å². The molecule has 1 N–H and O–H groups in total. The van der Waals surface area contributed by atoms with Crippen LogP contribution in [0.4, 0.5) is 5.69 Å². The topological polar surface area (TPSA) is 38.1 Å². The van der Waals surface area contributed by atoms with E-state index in [9.17, 15) is 0 Å². The maximum atomic E-state index is 5.96. The maximum absolute atomic E-state index is 5.96. The molecule has 0 fully saturated rings. The molecule has 84 valence electrons. The molecule has 5 heteroatoms. The zero-order chi connectivity index (χ0) is 11.5. The first-order valence-corrected chi connectivity index (χ1v) is 5.92. The van der Waals surface area contributed by atoms with Gasteiger partial charge in [-0.3, -0.25) is 0 Å². The third-order valence-corrected chi connectivity index (χ3v) is 3.11. The van der Waals surface area contributed by atoms with E-state index in [1.165, 1.54) is 0 Å². The van der Waals surface area contributed by atoms with Gasteiger partial charge < -0.3 is 9.73 Å². The minimum Gasteiger partial charge on any atom is -0.466 e. The highest BCUT2D eigenvalue weighted by Gasteiger charge is 2.05. The van der Waals surface area contributed by atoms with Crippen LogP contribution in [0.3, 0.4) is 0 Å². The highest BCUT2D eigenvalue weighted by atomic mass is 79.9. The summed E-state index contributed by atoms with van der Waals surface area (Å²) in [5.41, 5.74) is 1.87. The van der Waals surface area contributed by atoms with Gasteiger partial charge in [-0.2, -0.15) is 0 Å². The number of furan rings is 1. The Bertz CT molecular complexity index is 498. The third kappa shape index (κ3) is 2.57. The SMILES string of the molecule is Cc1cnc(Cl)c(NCc2occc2Br)c1. The number of nitrogens with zero attached hydrogens (tertiary/aromatic N) is 1. The molecule has 0 bridgehead atoms. The Morgan fingerprint density at radius 2 is 2.38 bits per heavy atom. The molecule has 2 rings (SSSR count). The Hall–Kier alpha value is -1.00. The smallest absolute Gasteiger partial charge is 0.152 e. The Kier molecular flexibility index (Phi) is 3.51. The monoisotopic (exact) mass is 300 g/mol. The van der Waals surface area contributed by atoms with Crippen molar-refractivity contribution in [2.45, 2.75) is 13.5 Å². The molecule has 2 aromatic rings. The normalized spacial score (nSPS) is 10.4. The summed E-state index contributed by atoms with van der Waals surface area (Å²) >= 11 is 9.35. The van der Waals surface area contributed by atoms with Crippen LogP contribution in [-0.2, 0) is 6.54 Å². The Morgan fingerprint density at radius 3 is 3.06 bits per heavy atom. The van der Waals surface area contributed by atoms with Gasteiger partial charge in [-0.1, -0.05) is 11.6 Å². The van der Waals surface area contributed by atoms with Gasteiger partial charge >= 0.3 is 0 Å². The number of hydrogen-bond acceptors (Lipinski definition) is 3. The molecular formula is C11H10BrClN2O. The molecule has 0 aliphatic carbocycles. The van der Waals surface area contributed by atoms with Crippen LogP contribution in [0.2, 0.25) is 5.15 Å². The first kappa shape index (κ1) is 11.5. The van der Waals surface area contributed by atoms with E-state index in [4.69, 9.17) is 16.0 Å². The molecule has 2 aromatic heterocycles. The molecule has 3 nitrogen and oxygen atoms in total. The van der Waals surface area contributed by atoms with E-state index in [-0.39, 0.29) is 0 Å². The number of anilines is 1. The largest absolute Gasteiger partial charge is 0.466 e. The lowest BCUT2D eigenvalue weighted by atomic mass is 10.3. The predicted molar refractivity (Wildman–Crippen MR) is 67.7 cm³/mol. The van der Waals surface area contributed by atoms with Crippen LogP contribution in [-0.4, -0.2) is 4.98 Å². The van der Waals surface area contributed by atoms with Crippen LogP contribution >= 0.6 is 27.5 Å². The number of aryl methyl sites for hydroxylation is 1. The lowest BCUT2D eigenvalue weighted by Gasteiger charge is -2.07. The number of hydrogen-bond donors (Lipinski definition) is 1. The van der Waals surface area contributed by atoms with Crippen molar-refractivity contribution in [3.05, 3.63) is 45.5 Å². The van der Waals surface area contributed by atoms with Gasteiger partial charge in [-0.05, 0) is 40.5 Å². The van der Waals surface area contributed by atoms with Gasteiger partial charge in [0.1, 0.15) is 5.76 Å². The molecule has 0 saturated heterocycles. The minimum atomic E-state index is 0.466. The van der Waals surface area contributed by atoms with Gasteiger partial charge in [-0.15, -0.1) is 0 Å². The van der Waals surface area contributed by atoms with E-state index in [1.54, 1.807) is 12.5 Å². The van der Waals surface area contributed by atoms with E-state index < -0.39 is 0 Å². The van der Waals surface area contributed by atoms with E-state index in [0.717, 1.165) is 21.5 Å². The van der Waals surface area contributed by atoms with Gasteiger partial charge in [0, 0.05) is 6.20 Å². The molecule has 0 spiro atoms. The molecule has 16 heavy (non-hydrogen) atoms. The van der Waals surface area contributed by atoms with Crippen molar-refractivity contribution >= 4 is 33.2 Å². The number of halogens is 2. The second-order valence-electron chi connectivity index (χ2n) is 3.40. The lowest BCUT2D eigenvalue weighted by molar-refractivity contribution is 0.516. The molecular weight excluding hydrogens is 291 g/mol. The molecule has 0 aliphatic heterocycles. The average molecular weight is 302 g/mol. The first-order chi connectivity index (χ1) is 7.66. The van der Waals surface area contributed by atoms with E-state index in [0.29, 0.717) is 11.7 Å². The quantitative estimate of drug-likeness (QED) is 0.870. The molecule has 2 heterocycles. The molecule has 0 atom stereocenters. The molecule has 0 amide bonds. The molecule has 0 saturated carbocycles. The van der Waals surface area contributed by atoms with Gasteiger partial charge in [0.05, 0.1) is 23.0 Å². The van der Waals surface area contributed by atoms with Crippen LogP contribution in [0.25, 0.3) is 0 Å². The molecule has 0 unspecified atom stereocenters. The summed E-state index contributed by atoms with van der Waals surface area (Å²) in [7, 11) is 0. The van der Waals surface area contributed by atoms with Crippen molar-refractivity contribution in [3.63, 3.8) is 0 Å². The number of aromatic nitrogens is 1. The fraction of sp³-hybridized carbons (Fsp3) is 0.182. The van der Waals surface area contributed by atoms with Crippen molar-refractivity contribution in [1.82, 2.24) is 4.98 Å². The Labute approximate surface area is 107 Å². The van der Waals surface area contributed by atoms with Crippen LogP contribution in [0.1, 0.15) is 11.3 Å². The summed E-state index contributed by atoms with van der Waals surface area (Å²) in [5, 5.41) is 3.64. The highest BCUT2D eigenvalue weighted by molar-refractivity contribution is 9.10. The van der Waals surface area contributed by atoms with E-state index in [2.05, 4.69) is 26.2 Å². The molecule has 0 radical (unpaired) electrons. The zero-order valence-corrected chi connectivity index (χ0v) is 11.0. The van der Waals surface area contributed by atoms with Crippen molar-refractivity contribution in [3.8, 4) is 0 Å². The number of nitrogens with one attached hydrogen (secondary N) is 1. The van der Waals surface area contributed by atoms with E-state index >= 15 is 0 Å². The predicted octanol–water partition coefficient (Wildman–Crippen LogP) is 4.01. The Morgan fingerprint density at radius 1 is 1.56 bits per heavy atom. The summed E-state index contributed by atoms with van der Waals surface area (Å²) in [6.07, 6.45) is 3.37. The summed E-state index contributed by atoms with van der Waals surface area (Å²) in [6, 6.07) is 3.80. The van der Waals surface area contributed by atoms with Crippen molar-refractivity contribution in [1.29, 1.82) is 0 Å². The van der Waals surface area contributed by atoms with Gasteiger partial charge in [0.2, 0.25) is 0 Å². The minimum absolute atomic E-state index is 0.466. The van der Waals surface area contributed by atoms with Crippen LogP contribution in [0.15, 0.2) is 33.5 Å². The fourth-order valence-electron chi connectivity index (χ4n) is 1.30. The van der Waals surface area contributed by atoms with Crippen LogP contribution in [0, 0.1) is 6.92 Å². The third-order valence-electron chi connectivity index (χ3n) is 2.11. The standard InChI is InChI=1S/C11H10BrClN2O/c1-7-4-9(11(13)15-5-7)14-6-10-8(12)2-3-16-10/h2-5,14H,6H2,1H3. The second-order valence-corrected chi connectivity index (χ2v) is 4.61. The molecule has 0 aromatic carbocycles. The highest BCUT2D eigenvalue weighted by Crippen LogP contribution is 2.23. The van der Waals surface area contributed by atoms with Gasteiger partial charge in [0.15, 0.2) is 5.15 Å². The average Bonchev–Trinajstić information content (AvgIpc) is 2.66. The second kappa shape index (κ2) is 4.89. The summed E-state index contributed by atoms with van der Waals surface area (Å²) in [6.45, 7) is 2.54. The lowest BCUT2D eigenvalue weighted by Crippen LogP contribution is -2.00. The van der Waals surface area contributed by atoms with Crippen molar-refractivity contribution in [2.24, 2.45) is 0 Å². The number of pyridine rings is 1. The first-order valence-electron chi connectivity index (χ1n) is 4.74. The molecule has 0 aliphatic rings. The van der Waals surface area contributed by atoms with E-state index in [1.807, 2.05) is 19.1 Å².